The molecule has 18 heavy (non-hydrogen) atoms. The summed E-state index contributed by atoms with van der Waals surface area (Å²) in [5, 5.41) is 2.92. The number of hydrogen-bond donors (Lipinski definition) is 1. The van der Waals surface area contributed by atoms with Crippen molar-refractivity contribution in [2.24, 2.45) is 5.92 Å². The lowest BCUT2D eigenvalue weighted by Gasteiger charge is -2.30. The van der Waals surface area contributed by atoms with Crippen molar-refractivity contribution in [1.82, 2.24) is 10.2 Å². The fraction of sp³-hybridized carbons (Fsp3) is 0.714. The number of likely N-dealkylation sites (tertiary alicyclic amines) is 1. The van der Waals surface area contributed by atoms with Gasteiger partial charge in [0.1, 0.15) is 0 Å². The second-order valence-electron chi connectivity index (χ2n) is 5.11. The predicted octanol–water partition coefficient (Wildman–Crippen LogP) is 1.72. The van der Waals surface area contributed by atoms with Gasteiger partial charge in [0.2, 0.25) is 11.8 Å². The first kappa shape index (κ1) is 14.7. The van der Waals surface area contributed by atoms with Crippen LogP contribution in [-0.2, 0) is 9.59 Å². The molecule has 1 aliphatic heterocycles. The van der Waals surface area contributed by atoms with Crippen molar-refractivity contribution in [3.8, 4) is 0 Å². The molecule has 1 N–H and O–H groups in total. The minimum atomic E-state index is 0.0717. The largest absolute Gasteiger partial charge is 0.356 e. The highest BCUT2D eigenvalue weighted by atomic mass is 16.2. The van der Waals surface area contributed by atoms with Gasteiger partial charge in [-0.1, -0.05) is 12.5 Å². The highest BCUT2D eigenvalue weighted by molar-refractivity contribution is 5.88. The van der Waals surface area contributed by atoms with E-state index in [1.54, 1.807) is 6.08 Å². The maximum Gasteiger partial charge on any atom is 0.246 e. The van der Waals surface area contributed by atoms with Crippen molar-refractivity contribution < 1.29 is 9.59 Å². The average molecular weight is 252 g/mol. The molecule has 0 aromatic rings. The van der Waals surface area contributed by atoms with E-state index in [0.717, 1.165) is 31.4 Å². The molecule has 1 fully saturated rings. The molecular formula is C14H24N2O2. The molecule has 1 saturated heterocycles. The number of hydrogen-bond acceptors (Lipinski definition) is 2. The lowest BCUT2D eigenvalue weighted by Crippen LogP contribution is -2.42. The smallest absolute Gasteiger partial charge is 0.246 e. The molecule has 1 aliphatic rings. The van der Waals surface area contributed by atoms with E-state index in [4.69, 9.17) is 0 Å². The van der Waals surface area contributed by atoms with Crippen LogP contribution in [0.15, 0.2) is 11.6 Å². The Bertz CT molecular complexity index is 325. The van der Waals surface area contributed by atoms with Gasteiger partial charge in [-0.05, 0) is 33.1 Å². The minimum Gasteiger partial charge on any atom is -0.356 e. The number of nitrogens with one attached hydrogen (secondary N) is 1. The van der Waals surface area contributed by atoms with Gasteiger partial charge >= 0.3 is 0 Å². The summed E-state index contributed by atoms with van der Waals surface area (Å²) in [6, 6.07) is 0. The van der Waals surface area contributed by atoms with Crippen LogP contribution in [0.2, 0.25) is 0 Å². The Kier molecular flexibility index (Phi) is 5.89. The Morgan fingerprint density at radius 3 is 2.39 bits per heavy atom. The monoisotopic (exact) mass is 252 g/mol. The zero-order valence-corrected chi connectivity index (χ0v) is 11.7. The van der Waals surface area contributed by atoms with E-state index in [0.29, 0.717) is 13.1 Å². The summed E-state index contributed by atoms with van der Waals surface area (Å²) in [5.74, 6) is 0.292. The topological polar surface area (TPSA) is 49.4 Å². The maximum absolute atomic E-state index is 11.8. The Labute approximate surface area is 109 Å². The second-order valence-corrected chi connectivity index (χ2v) is 5.11. The van der Waals surface area contributed by atoms with Crippen LogP contribution in [0.5, 0.6) is 0 Å². The summed E-state index contributed by atoms with van der Waals surface area (Å²) in [6.45, 7) is 8.00. The van der Waals surface area contributed by atoms with Gasteiger partial charge in [0.15, 0.2) is 0 Å². The lowest BCUT2D eigenvalue weighted by atomic mass is 9.95. The molecule has 0 saturated carbocycles. The van der Waals surface area contributed by atoms with E-state index in [-0.39, 0.29) is 17.7 Å². The second kappa shape index (κ2) is 7.19. The van der Waals surface area contributed by atoms with Gasteiger partial charge in [0, 0.05) is 31.6 Å². The number of nitrogens with zero attached hydrogens (tertiary/aromatic N) is 1. The Morgan fingerprint density at radius 2 is 1.89 bits per heavy atom. The Morgan fingerprint density at radius 1 is 1.28 bits per heavy atom. The standard InChI is InChI=1S/C14H24N2O2/c1-4-7-15-14(18)12-5-8-16(9-6-12)13(17)10-11(2)3/h10,12H,4-9H2,1-3H3,(H,15,18). The van der Waals surface area contributed by atoms with Gasteiger partial charge in [-0.15, -0.1) is 0 Å². The molecule has 0 radical (unpaired) electrons. The van der Waals surface area contributed by atoms with Gasteiger partial charge in [0.05, 0.1) is 0 Å². The predicted molar refractivity (Wildman–Crippen MR) is 72.0 cm³/mol. The van der Waals surface area contributed by atoms with E-state index in [9.17, 15) is 9.59 Å². The van der Waals surface area contributed by atoms with Gasteiger partial charge in [0.25, 0.3) is 0 Å². The number of carbonyl (C=O) groups is 2. The number of allylic oxidation sites excluding steroid dienone is 1. The maximum atomic E-state index is 11.8. The molecule has 0 bridgehead atoms. The molecule has 0 atom stereocenters. The van der Waals surface area contributed by atoms with Gasteiger partial charge in [-0.3, -0.25) is 9.59 Å². The first-order valence-corrected chi connectivity index (χ1v) is 6.76. The van der Waals surface area contributed by atoms with E-state index in [2.05, 4.69) is 5.32 Å². The van der Waals surface area contributed by atoms with Crippen LogP contribution >= 0.6 is 0 Å². The molecule has 2 amide bonds. The third-order valence-electron chi connectivity index (χ3n) is 3.14. The van der Waals surface area contributed by atoms with Crippen LogP contribution in [0.1, 0.15) is 40.0 Å². The van der Waals surface area contributed by atoms with Crippen LogP contribution in [0.4, 0.5) is 0 Å². The van der Waals surface area contributed by atoms with Crippen LogP contribution in [0.3, 0.4) is 0 Å². The highest BCUT2D eigenvalue weighted by Crippen LogP contribution is 2.17. The summed E-state index contributed by atoms with van der Waals surface area (Å²) in [5.41, 5.74) is 1.02. The fourth-order valence-electron chi connectivity index (χ4n) is 2.09. The minimum absolute atomic E-state index is 0.0717. The summed E-state index contributed by atoms with van der Waals surface area (Å²) in [4.78, 5) is 25.4. The lowest BCUT2D eigenvalue weighted by molar-refractivity contribution is -0.132. The Balaban J connectivity index is 2.39. The van der Waals surface area contributed by atoms with Crippen molar-refractivity contribution in [2.45, 2.75) is 40.0 Å². The van der Waals surface area contributed by atoms with Crippen LogP contribution in [0.25, 0.3) is 0 Å². The van der Waals surface area contributed by atoms with E-state index in [1.807, 2.05) is 25.7 Å². The molecule has 0 aromatic carbocycles. The number of amides is 2. The van der Waals surface area contributed by atoms with E-state index < -0.39 is 0 Å². The highest BCUT2D eigenvalue weighted by Gasteiger charge is 2.26. The SMILES string of the molecule is CCCNC(=O)C1CCN(C(=O)C=C(C)C)CC1. The third-order valence-corrected chi connectivity index (χ3v) is 3.14. The molecule has 4 heteroatoms. The summed E-state index contributed by atoms with van der Waals surface area (Å²) in [7, 11) is 0. The first-order chi connectivity index (χ1) is 8.54. The van der Waals surface area contributed by atoms with E-state index >= 15 is 0 Å². The van der Waals surface area contributed by atoms with Crippen molar-refractivity contribution in [3.05, 3.63) is 11.6 Å². The number of carbonyl (C=O) groups excluding carboxylic acids is 2. The number of rotatable bonds is 4. The van der Waals surface area contributed by atoms with Crippen LogP contribution in [-0.4, -0.2) is 36.3 Å². The molecule has 1 rings (SSSR count). The van der Waals surface area contributed by atoms with Crippen molar-refractivity contribution in [3.63, 3.8) is 0 Å². The molecule has 4 nitrogen and oxygen atoms in total. The number of piperidine rings is 1. The van der Waals surface area contributed by atoms with Gasteiger partial charge in [-0.2, -0.15) is 0 Å². The van der Waals surface area contributed by atoms with Crippen LogP contribution in [0, 0.1) is 5.92 Å². The molecule has 1 heterocycles. The van der Waals surface area contributed by atoms with Gasteiger partial charge in [-0.25, -0.2) is 0 Å². The summed E-state index contributed by atoms with van der Waals surface area (Å²) in [6.07, 6.45) is 4.18. The fourth-order valence-corrected chi connectivity index (χ4v) is 2.09. The third kappa shape index (κ3) is 4.51. The average Bonchev–Trinajstić information content (AvgIpc) is 2.35. The van der Waals surface area contributed by atoms with Crippen LogP contribution < -0.4 is 5.32 Å². The van der Waals surface area contributed by atoms with Crippen molar-refractivity contribution in [1.29, 1.82) is 0 Å². The zero-order chi connectivity index (χ0) is 13.5. The quantitative estimate of drug-likeness (QED) is 0.774. The normalized spacial score (nSPS) is 16.3. The molecule has 0 unspecified atom stereocenters. The molecular weight excluding hydrogens is 228 g/mol. The van der Waals surface area contributed by atoms with Gasteiger partial charge < -0.3 is 10.2 Å². The Hall–Kier alpha value is -1.32. The molecule has 0 spiro atoms. The van der Waals surface area contributed by atoms with Crippen molar-refractivity contribution in [2.75, 3.05) is 19.6 Å². The summed E-state index contributed by atoms with van der Waals surface area (Å²) >= 11 is 0. The summed E-state index contributed by atoms with van der Waals surface area (Å²) < 4.78 is 0. The molecule has 102 valence electrons. The molecule has 0 aromatic heterocycles. The molecule has 0 aliphatic carbocycles. The zero-order valence-electron chi connectivity index (χ0n) is 11.7. The van der Waals surface area contributed by atoms with Crippen molar-refractivity contribution >= 4 is 11.8 Å². The first-order valence-electron chi connectivity index (χ1n) is 6.76. The van der Waals surface area contributed by atoms with E-state index in [1.165, 1.54) is 0 Å².